The molecular weight excluding hydrogens is 326 g/mol. The first-order valence-electron chi connectivity index (χ1n) is 6.81. The van der Waals surface area contributed by atoms with Crippen molar-refractivity contribution in [1.82, 2.24) is 0 Å². The van der Waals surface area contributed by atoms with E-state index in [1.165, 1.54) is 5.56 Å². The van der Waals surface area contributed by atoms with Crippen LogP contribution in [0.25, 0.3) is 0 Å². The van der Waals surface area contributed by atoms with E-state index in [0.717, 1.165) is 16.6 Å². The summed E-state index contributed by atoms with van der Waals surface area (Å²) in [5.74, 6) is 1.33. The van der Waals surface area contributed by atoms with E-state index < -0.39 is 0 Å². The molecule has 0 aliphatic rings. The van der Waals surface area contributed by atoms with Crippen LogP contribution in [0.2, 0.25) is 0 Å². The molecule has 0 saturated heterocycles. The Morgan fingerprint density at radius 1 is 1.10 bits per heavy atom. The summed E-state index contributed by atoms with van der Waals surface area (Å²) in [6, 6.07) is 15.8. The smallest absolute Gasteiger partial charge is 0.145 e. The van der Waals surface area contributed by atoms with Gasteiger partial charge in [0.05, 0.1) is 5.56 Å². The zero-order chi connectivity index (χ0) is 15.5. The van der Waals surface area contributed by atoms with Crippen molar-refractivity contribution in [2.24, 2.45) is 0 Å². The maximum atomic E-state index is 9.22. The molecule has 0 saturated carbocycles. The van der Waals surface area contributed by atoms with E-state index in [0.29, 0.717) is 11.3 Å². The summed E-state index contributed by atoms with van der Waals surface area (Å²) in [5, 5.41) is 9.95. The van der Waals surface area contributed by atoms with Crippen molar-refractivity contribution in [3.05, 3.63) is 59.2 Å². The highest BCUT2D eigenvalue weighted by Gasteiger charge is 2.13. The number of nitriles is 1. The van der Waals surface area contributed by atoms with Gasteiger partial charge in [-0.3, -0.25) is 0 Å². The molecule has 0 radical (unpaired) electrons. The highest BCUT2D eigenvalue weighted by Crippen LogP contribution is 2.29. The van der Waals surface area contributed by atoms with Crippen molar-refractivity contribution in [2.75, 3.05) is 0 Å². The SMILES string of the molecule is CC(C)(C)c1ccc(Oc2ccc(CBr)cc2C#N)cc1. The van der Waals surface area contributed by atoms with Gasteiger partial charge >= 0.3 is 0 Å². The lowest BCUT2D eigenvalue weighted by molar-refractivity contribution is 0.479. The first-order chi connectivity index (χ1) is 9.94. The van der Waals surface area contributed by atoms with Crippen LogP contribution in [0.3, 0.4) is 0 Å². The molecule has 0 aliphatic heterocycles. The Bertz CT molecular complexity index is 663. The van der Waals surface area contributed by atoms with Gasteiger partial charge in [0, 0.05) is 5.33 Å². The molecule has 2 nitrogen and oxygen atoms in total. The summed E-state index contributed by atoms with van der Waals surface area (Å²) >= 11 is 3.39. The number of nitrogens with zero attached hydrogens (tertiary/aromatic N) is 1. The molecule has 0 N–H and O–H groups in total. The van der Waals surface area contributed by atoms with Crippen molar-refractivity contribution < 1.29 is 4.74 Å². The van der Waals surface area contributed by atoms with E-state index in [9.17, 15) is 5.26 Å². The third kappa shape index (κ3) is 3.86. The molecule has 2 rings (SSSR count). The van der Waals surface area contributed by atoms with Gasteiger partial charge in [0.25, 0.3) is 0 Å². The van der Waals surface area contributed by atoms with Gasteiger partial charge in [-0.25, -0.2) is 0 Å². The Hall–Kier alpha value is -1.79. The predicted octanol–water partition coefficient (Wildman–Crippen LogP) is 5.54. The fourth-order valence-corrected chi connectivity index (χ4v) is 2.34. The quantitative estimate of drug-likeness (QED) is 0.685. The van der Waals surface area contributed by atoms with Crippen molar-refractivity contribution in [1.29, 1.82) is 5.26 Å². The van der Waals surface area contributed by atoms with Gasteiger partial charge in [-0.1, -0.05) is 54.9 Å². The van der Waals surface area contributed by atoms with E-state index in [-0.39, 0.29) is 5.41 Å². The van der Waals surface area contributed by atoms with E-state index >= 15 is 0 Å². The molecule has 0 fully saturated rings. The zero-order valence-electron chi connectivity index (χ0n) is 12.5. The molecule has 0 aromatic heterocycles. The Morgan fingerprint density at radius 3 is 2.29 bits per heavy atom. The van der Waals surface area contributed by atoms with Crippen molar-refractivity contribution in [3.8, 4) is 17.6 Å². The van der Waals surface area contributed by atoms with Gasteiger partial charge < -0.3 is 4.74 Å². The molecule has 2 aromatic carbocycles. The maximum Gasteiger partial charge on any atom is 0.145 e. The van der Waals surface area contributed by atoms with E-state index in [1.807, 2.05) is 30.3 Å². The van der Waals surface area contributed by atoms with Gasteiger partial charge in [-0.15, -0.1) is 0 Å². The highest BCUT2D eigenvalue weighted by atomic mass is 79.9. The minimum Gasteiger partial charge on any atom is -0.456 e. The molecule has 108 valence electrons. The minimum atomic E-state index is 0.119. The predicted molar refractivity (Wildman–Crippen MR) is 89.0 cm³/mol. The zero-order valence-corrected chi connectivity index (χ0v) is 14.1. The number of hydrogen-bond donors (Lipinski definition) is 0. The van der Waals surface area contributed by atoms with Gasteiger partial charge in [0.1, 0.15) is 17.6 Å². The molecule has 0 heterocycles. The van der Waals surface area contributed by atoms with Gasteiger partial charge in [-0.2, -0.15) is 5.26 Å². The number of benzene rings is 2. The highest BCUT2D eigenvalue weighted by molar-refractivity contribution is 9.08. The maximum absolute atomic E-state index is 9.22. The summed E-state index contributed by atoms with van der Waals surface area (Å²) in [5.41, 5.74) is 2.98. The first kappa shape index (κ1) is 15.6. The summed E-state index contributed by atoms with van der Waals surface area (Å²) in [6.07, 6.45) is 0. The van der Waals surface area contributed by atoms with Gasteiger partial charge in [0.15, 0.2) is 0 Å². The van der Waals surface area contributed by atoms with E-state index in [2.05, 4.69) is 54.9 Å². The Labute approximate surface area is 134 Å². The summed E-state index contributed by atoms with van der Waals surface area (Å²) < 4.78 is 5.83. The van der Waals surface area contributed by atoms with Crippen LogP contribution in [-0.2, 0) is 10.7 Å². The second kappa shape index (κ2) is 6.32. The fraction of sp³-hybridized carbons (Fsp3) is 0.278. The standard InChI is InChI=1S/C18H18BrNO/c1-18(2,3)15-5-7-16(8-6-15)21-17-9-4-13(11-19)10-14(17)12-20/h4-10H,11H2,1-3H3. The normalized spacial score (nSPS) is 11.0. The van der Waals surface area contributed by atoms with Crippen LogP contribution in [-0.4, -0.2) is 0 Å². The fourth-order valence-electron chi connectivity index (χ4n) is 1.99. The lowest BCUT2D eigenvalue weighted by Gasteiger charge is -2.19. The third-order valence-corrected chi connectivity index (χ3v) is 3.91. The van der Waals surface area contributed by atoms with Crippen molar-refractivity contribution in [2.45, 2.75) is 31.5 Å². The minimum absolute atomic E-state index is 0.119. The molecule has 0 amide bonds. The molecule has 0 aliphatic carbocycles. The summed E-state index contributed by atoms with van der Waals surface area (Å²) in [6.45, 7) is 6.53. The van der Waals surface area contributed by atoms with Crippen molar-refractivity contribution in [3.63, 3.8) is 0 Å². The van der Waals surface area contributed by atoms with Crippen LogP contribution in [0.4, 0.5) is 0 Å². The second-order valence-electron chi connectivity index (χ2n) is 5.95. The topological polar surface area (TPSA) is 33.0 Å². The van der Waals surface area contributed by atoms with Crippen LogP contribution >= 0.6 is 15.9 Å². The molecule has 3 heteroatoms. The van der Waals surface area contributed by atoms with Crippen LogP contribution in [0.15, 0.2) is 42.5 Å². The number of rotatable bonds is 3. The number of alkyl halides is 1. The van der Waals surface area contributed by atoms with Crippen molar-refractivity contribution >= 4 is 15.9 Å². The Balaban J connectivity index is 2.25. The van der Waals surface area contributed by atoms with Crippen LogP contribution in [0.5, 0.6) is 11.5 Å². The number of hydrogen-bond acceptors (Lipinski definition) is 2. The summed E-state index contributed by atoms with van der Waals surface area (Å²) in [7, 11) is 0. The van der Waals surface area contributed by atoms with Crippen LogP contribution in [0, 0.1) is 11.3 Å². The summed E-state index contributed by atoms with van der Waals surface area (Å²) in [4.78, 5) is 0. The average molecular weight is 344 g/mol. The van der Waals surface area contributed by atoms with E-state index in [1.54, 1.807) is 0 Å². The molecule has 21 heavy (non-hydrogen) atoms. The molecule has 0 spiro atoms. The molecule has 2 aromatic rings. The molecular formula is C18H18BrNO. The number of halogens is 1. The van der Waals surface area contributed by atoms with Crippen LogP contribution in [0.1, 0.15) is 37.5 Å². The average Bonchev–Trinajstić information content (AvgIpc) is 2.47. The van der Waals surface area contributed by atoms with Gasteiger partial charge in [-0.05, 0) is 40.8 Å². The Kier molecular flexibility index (Phi) is 4.69. The molecule has 0 unspecified atom stereocenters. The first-order valence-corrected chi connectivity index (χ1v) is 7.93. The van der Waals surface area contributed by atoms with Crippen LogP contribution < -0.4 is 4.74 Å². The van der Waals surface area contributed by atoms with E-state index in [4.69, 9.17) is 4.74 Å². The lowest BCUT2D eigenvalue weighted by atomic mass is 9.87. The third-order valence-electron chi connectivity index (χ3n) is 3.27. The molecule has 0 atom stereocenters. The molecule has 0 bridgehead atoms. The Morgan fingerprint density at radius 2 is 1.76 bits per heavy atom. The monoisotopic (exact) mass is 343 g/mol. The lowest BCUT2D eigenvalue weighted by Crippen LogP contribution is -2.10. The number of ether oxygens (including phenoxy) is 1. The second-order valence-corrected chi connectivity index (χ2v) is 6.51. The largest absolute Gasteiger partial charge is 0.456 e. The van der Waals surface area contributed by atoms with Gasteiger partial charge in [0.2, 0.25) is 0 Å².